The number of aliphatic hydroxyl groups is 1. The third kappa shape index (κ3) is 4.09. The number of nitro groups is 1. The minimum atomic E-state index is -0.499. The molecule has 0 spiro atoms. The number of aromatic nitrogens is 2. The van der Waals surface area contributed by atoms with Gasteiger partial charge in [0, 0.05) is 23.4 Å². The van der Waals surface area contributed by atoms with Gasteiger partial charge in [0.05, 0.1) is 42.1 Å². The molecule has 0 aliphatic heterocycles. The van der Waals surface area contributed by atoms with Crippen molar-refractivity contribution >= 4 is 11.4 Å². The number of methoxy groups -OCH3 is 1. The molecular weight excluding hydrogens is 376 g/mol. The standard InChI is InChI=1S/C20H20N4O5/c1-13(21-11-12-25)18-19(14-3-9-17(29-2)10-4-14)22-23(20(18)26)15-5-7-16(8-6-15)24(27)28/h3-10,22,25H,11-12H2,1-2H3. The van der Waals surface area contributed by atoms with Crippen molar-refractivity contribution in [3.05, 3.63) is 74.6 Å². The fourth-order valence-electron chi connectivity index (χ4n) is 2.94. The number of aromatic amines is 1. The van der Waals surface area contributed by atoms with E-state index in [-0.39, 0.29) is 24.4 Å². The molecule has 0 amide bonds. The molecule has 0 radical (unpaired) electrons. The summed E-state index contributed by atoms with van der Waals surface area (Å²) >= 11 is 0. The lowest BCUT2D eigenvalue weighted by Crippen LogP contribution is -2.20. The van der Waals surface area contributed by atoms with Crippen LogP contribution >= 0.6 is 0 Å². The summed E-state index contributed by atoms with van der Waals surface area (Å²) in [6, 6.07) is 12.8. The summed E-state index contributed by atoms with van der Waals surface area (Å²) in [5, 5.41) is 23.0. The maximum Gasteiger partial charge on any atom is 0.280 e. The van der Waals surface area contributed by atoms with E-state index < -0.39 is 4.92 Å². The molecule has 2 aromatic carbocycles. The van der Waals surface area contributed by atoms with Gasteiger partial charge in [-0.3, -0.25) is 25.0 Å². The van der Waals surface area contributed by atoms with E-state index >= 15 is 0 Å². The second-order valence-corrected chi connectivity index (χ2v) is 6.20. The van der Waals surface area contributed by atoms with E-state index in [1.54, 1.807) is 26.2 Å². The van der Waals surface area contributed by atoms with Crippen LogP contribution in [0.2, 0.25) is 0 Å². The van der Waals surface area contributed by atoms with E-state index in [0.29, 0.717) is 28.4 Å². The summed E-state index contributed by atoms with van der Waals surface area (Å²) in [6.07, 6.45) is 0. The number of hydrogen-bond acceptors (Lipinski definition) is 6. The van der Waals surface area contributed by atoms with Crippen LogP contribution < -0.4 is 10.3 Å². The summed E-state index contributed by atoms with van der Waals surface area (Å²) in [5.41, 5.74) is 2.19. The molecule has 0 aliphatic rings. The zero-order chi connectivity index (χ0) is 21.0. The monoisotopic (exact) mass is 396 g/mol. The molecule has 3 rings (SSSR count). The minimum Gasteiger partial charge on any atom is -0.497 e. The van der Waals surface area contributed by atoms with Gasteiger partial charge < -0.3 is 9.84 Å². The molecule has 9 heteroatoms. The lowest BCUT2D eigenvalue weighted by Gasteiger charge is -2.05. The van der Waals surface area contributed by atoms with Crippen LogP contribution in [-0.4, -0.2) is 45.8 Å². The molecule has 1 heterocycles. The third-order valence-electron chi connectivity index (χ3n) is 4.40. The molecule has 1 aromatic heterocycles. The Labute approximate surface area is 166 Å². The Kier molecular flexibility index (Phi) is 5.89. The van der Waals surface area contributed by atoms with Crippen LogP contribution in [0.5, 0.6) is 5.75 Å². The van der Waals surface area contributed by atoms with E-state index in [1.165, 1.54) is 28.9 Å². The Morgan fingerprint density at radius 2 is 1.86 bits per heavy atom. The molecule has 3 aromatic rings. The summed E-state index contributed by atoms with van der Waals surface area (Å²) in [6.45, 7) is 1.75. The van der Waals surface area contributed by atoms with Crippen molar-refractivity contribution < 1.29 is 14.8 Å². The van der Waals surface area contributed by atoms with Crippen molar-refractivity contribution in [3.8, 4) is 22.7 Å². The van der Waals surface area contributed by atoms with Crippen LogP contribution in [0.25, 0.3) is 16.9 Å². The fourth-order valence-corrected chi connectivity index (χ4v) is 2.94. The van der Waals surface area contributed by atoms with E-state index in [4.69, 9.17) is 9.84 Å². The Bertz CT molecular complexity index is 1100. The first-order valence-electron chi connectivity index (χ1n) is 8.82. The lowest BCUT2D eigenvalue weighted by molar-refractivity contribution is -0.384. The number of nitrogens with zero attached hydrogens (tertiary/aromatic N) is 3. The third-order valence-corrected chi connectivity index (χ3v) is 4.40. The van der Waals surface area contributed by atoms with E-state index in [2.05, 4.69) is 10.1 Å². The van der Waals surface area contributed by atoms with Gasteiger partial charge in [0.2, 0.25) is 0 Å². The average Bonchev–Trinajstić information content (AvgIpc) is 3.09. The summed E-state index contributed by atoms with van der Waals surface area (Å²) in [5.74, 6) is 0.679. The Balaban J connectivity index is 2.17. The Morgan fingerprint density at radius 3 is 2.41 bits per heavy atom. The first-order valence-corrected chi connectivity index (χ1v) is 8.82. The molecule has 0 aliphatic carbocycles. The molecule has 0 fully saturated rings. The van der Waals surface area contributed by atoms with Gasteiger partial charge in [0.15, 0.2) is 0 Å². The first-order chi connectivity index (χ1) is 14.0. The number of H-pyrrole nitrogens is 1. The van der Waals surface area contributed by atoms with Crippen LogP contribution in [0, 0.1) is 10.1 Å². The van der Waals surface area contributed by atoms with E-state index in [1.807, 2.05) is 12.1 Å². The molecule has 0 saturated heterocycles. The van der Waals surface area contributed by atoms with Crippen LogP contribution in [0.15, 0.2) is 58.3 Å². The highest BCUT2D eigenvalue weighted by Gasteiger charge is 2.19. The van der Waals surface area contributed by atoms with Crippen molar-refractivity contribution in [1.29, 1.82) is 0 Å². The van der Waals surface area contributed by atoms with Crippen LogP contribution in [0.3, 0.4) is 0 Å². The molecular formula is C20H20N4O5. The summed E-state index contributed by atoms with van der Waals surface area (Å²) in [4.78, 5) is 27.8. The lowest BCUT2D eigenvalue weighted by atomic mass is 10.1. The number of nitro benzene ring substituents is 1. The molecule has 9 nitrogen and oxygen atoms in total. The normalized spacial score (nSPS) is 11.5. The van der Waals surface area contributed by atoms with Gasteiger partial charge >= 0.3 is 0 Å². The minimum absolute atomic E-state index is 0.0651. The van der Waals surface area contributed by atoms with Gasteiger partial charge in [-0.25, -0.2) is 4.68 Å². The van der Waals surface area contributed by atoms with Crippen LogP contribution in [-0.2, 0) is 0 Å². The van der Waals surface area contributed by atoms with Gasteiger partial charge in [-0.1, -0.05) is 0 Å². The van der Waals surface area contributed by atoms with E-state index in [0.717, 1.165) is 5.56 Å². The highest BCUT2D eigenvalue weighted by Crippen LogP contribution is 2.24. The van der Waals surface area contributed by atoms with E-state index in [9.17, 15) is 14.9 Å². The Morgan fingerprint density at radius 1 is 1.21 bits per heavy atom. The Hall–Kier alpha value is -3.72. The smallest absolute Gasteiger partial charge is 0.280 e. The molecule has 0 saturated carbocycles. The molecule has 150 valence electrons. The van der Waals surface area contributed by atoms with Crippen molar-refractivity contribution in [2.24, 2.45) is 4.99 Å². The highest BCUT2D eigenvalue weighted by atomic mass is 16.6. The quantitative estimate of drug-likeness (QED) is 0.361. The molecule has 29 heavy (non-hydrogen) atoms. The molecule has 0 unspecified atom stereocenters. The number of ether oxygens (including phenoxy) is 1. The largest absolute Gasteiger partial charge is 0.497 e. The summed E-state index contributed by atoms with van der Waals surface area (Å²) < 4.78 is 6.50. The van der Waals surface area contributed by atoms with Crippen LogP contribution in [0.4, 0.5) is 5.69 Å². The number of nitrogens with one attached hydrogen (secondary N) is 1. The first kappa shape index (κ1) is 20.0. The number of benzene rings is 2. The fraction of sp³-hybridized carbons (Fsp3) is 0.200. The average molecular weight is 396 g/mol. The van der Waals surface area contributed by atoms with Crippen molar-refractivity contribution in [1.82, 2.24) is 9.78 Å². The number of aliphatic hydroxyl groups excluding tert-OH is 1. The van der Waals surface area contributed by atoms with Gasteiger partial charge in [-0.15, -0.1) is 0 Å². The summed E-state index contributed by atoms with van der Waals surface area (Å²) in [7, 11) is 1.57. The number of non-ortho nitro benzene ring substituents is 1. The van der Waals surface area contributed by atoms with Gasteiger partial charge in [-0.05, 0) is 43.3 Å². The topological polar surface area (TPSA) is 123 Å². The van der Waals surface area contributed by atoms with Gasteiger partial charge in [0.1, 0.15) is 5.75 Å². The second kappa shape index (κ2) is 8.53. The highest BCUT2D eigenvalue weighted by molar-refractivity contribution is 6.03. The van der Waals surface area contributed by atoms with Gasteiger partial charge in [-0.2, -0.15) is 0 Å². The number of hydrogen-bond donors (Lipinski definition) is 2. The maximum atomic E-state index is 13.1. The van der Waals surface area contributed by atoms with Gasteiger partial charge in [0.25, 0.3) is 11.2 Å². The zero-order valence-corrected chi connectivity index (χ0v) is 16.0. The predicted molar refractivity (Wildman–Crippen MR) is 109 cm³/mol. The van der Waals surface area contributed by atoms with Crippen molar-refractivity contribution in [2.45, 2.75) is 6.92 Å². The SMILES string of the molecule is COc1ccc(-c2[nH]n(-c3ccc([N+](=O)[O-])cc3)c(=O)c2C(C)=NCCO)cc1. The van der Waals surface area contributed by atoms with Crippen LogP contribution in [0.1, 0.15) is 12.5 Å². The predicted octanol–water partition coefficient (Wildman–Crippen LogP) is 2.55. The molecule has 2 N–H and O–H groups in total. The molecule has 0 bridgehead atoms. The maximum absolute atomic E-state index is 13.1. The number of rotatable bonds is 7. The second-order valence-electron chi connectivity index (χ2n) is 6.20. The molecule has 0 atom stereocenters. The zero-order valence-electron chi connectivity index (χ0n) is 16.0. The van der Waals surface area contributed by atoms with Crippen molar-refractivity contribution in [2.75, 3.05) is 20.3 Å². The number of aliphatic imine (C=N–C) groups is 1. The van der Waals surface area contributed by atoms with Crippen molar-refractivity contribution in [3.63, 3.8) is 0 Å².